The predicted octanol–water partition coefficient (Wildman–Crippen LogP) is 3.02. The lowest BCUT2D eigenvalue weighted by molar-refractivity contribution is -0.125. The topological polar surface area (TPSA) is 67.8 Å². The van der Waals surface area contributed by atoms with Gasteiger partial charge in [-0.3, -0.25) is 14.8 Å². The van der Waals surface area contributed by atoms with E-state index in [1.165, 1.54) is 4.88 Å². The van der Waals surface area contributed by atoms with Crippen LogP contribution >= 0.6 is 11.3 Å². The number of pyridine rings is 2. The highest BCUT2D eigenvalue weighted by Gasteiger charge is 2.27. The van der Waals surface area contributed by atoms with Gasteiger partial charge in [0.25, 0.3) is 0 Å². The second-order valence-electron chi connectivity index (χ2n) is 6.14. The smallest absolute Gasteiger partial charge is 0.223 e. The van der Waals surface area contributed by atoms with E-state index in [9.17, 15) is 4.79 Å². The Morgan fingerprint density at radius 1 is 1.20 bits per heavy atom. The summed E-state index contributed by atoms with van der Waals surface area (Å²) in [5, 5.41) is 4.04. The molecule has 3 heterocycles. The number of thiazole rings is 1. The lowest BCUT2D eigenvalue weighted by Crippen LogP contribution is -2.33. The fraction of sp³-hybridized carbons (Fsp3) is 0.263. The molecule has 0 aliphatic heterocycles. The summed E-state index contributed by atoms with van der Waals surface area (Å²) in [6.07, 6.45) is 9.59. The van der Waals surface area contributed by atoms with E-state index in [-0.39, 0.29) is 11.8 Å². The number of nitrogens with one attached hydrogen (secondary N) is 1. The van der Waals surface area contributed by atoms with E-state index in [1.807, 2.05) is 24.3 Å². The summed E-state index contributed by atoms with van der Waals surface area (Å²) in [7, 11) is 0. The second-order valence-corrected chi connectivity index (χ2v) is 7.23. The lowest BCUT2D eigenvalue weighted by Gasteiger charge is -2.20. The van der Waals surface area contributed by atoms with Gasteiger partial charge in [-0.2, -0.15) is 0 Å². The molecule has 0 saturated carbocycles. The molecular formula is C19H18N4OS. The Morgan fingerprint density at radius 3 is 2.88 bits per heavy atom. The number of amides is 1. The molecule has 5 nitrogen and oxygen atoms in total. The third kappa shape index (κ3) is 3.58. The maximum Gasteiger partial charge on any atom is 0.223 e. The molecule has 1 atom stereocenters. The first-order valence-electron chi connectivity index (χ1n) is 8.35. The van der Waals surface area contributed by atoms with Crippen LogP contribution in [0, 0.1) is 5.92 Å². The SMILES string of the molecule is O=C(NCc1cccnc1)C1CCc2sc(-c3ccncc3)nc2C1. The van der Waals surface area contributed by atoms with Gasteiger partial charge in [0.15, 0.2) is 0 Å². The van der Waals surface area contributed by atoms with Crippen LogP contribution in [-0.2, 0) is 24.2 Å². The average molecular weight is 350 g/mol. The van der Waals surface area contributed by atoms with Crippen molar-refractivity contribution >= 4 is 17.2 Å². The molecule has 1 N–H and O–H groups in total. The summed E-state index contributed by atoms with van der Waals surface area (Å²) in [6.45, 7) is 0.523. The van der Waals surface area contributed by atoms with Gasteiger partial charge in [0.05, 0.1) is 5.69 Å². The van der Waals surface area contributed by atoms with Gasteiger partial charge in [-0.1, -0.05) is 6.07 Å². The van der Waals surface area contributed by atoms with Gasteiger partial charge in [0, 0.05) is 54.1 Å². The van der Waals surface area contributed by atoms with E-state index >= 15 is 0 Å². The standard InChI is InChI=1S/C19H18N4OS/c24-18(22-12-13-2-1-7-21-11-13)15-3-4-17-16(10-15)23-19(25-17)14-5-8-20-9-6-14/h1-2,5-9,11,15H,3-4,10,12H2,(H,22,24). The van der Waals surface area contributed by atoms with E-state index in [0.717, 1.165) is 41.1 Å². The molecule has 0 radical (unpaired) electrons. The molecule has 4 rings (SSSR count). The van der Waals surface area contributed by atoms with Crippen LogP contribution in [0.1, 0.15) is 22.6 Å². The van der Waals surface area contributed by atoms with Crippen molar-refractivity contribution in [1.29, 1.82) is 0 Å². The summed E-state index contributed by atoms with van der Waals surface area (Å²) in [5.74, 6) is 0.101. The van der Waals surface area contributed by atoms with Crippen LogP contribution in [0.3, 0.4) is 0 Å². The van der Waals surface area contributed by atoms with Gasteiger partial charge >= 0.3 is 0 Å². The number of carbonyl (C=O) groups is 1. The third-order valence-electron chi connectivity index (χ3n) is 4.43. The van der Waals surface area contributed by atoms with Gasteiger partial charge in [-0.15, -0.1) is 11.3 Å². The Balaban J connectivity index is 1.42. The number of nitrogens with zero attached hydrogens (tertiary/aromatic N) is 3. The maximum atomic E-state index is 12.5. The van der Waals surface area contributed by atoms with Crippen LogP contribution in [0.15, 0.2) is 49.1 Å². The van der Waals surface area contributed by atoms with E-state index in [4.69, 9.17) is 4.98 Å². The van der Waals surface area contributed by atoms with Crippen molar-refractivity contribution in [2.24, 2.45) is 5.92 Å². The minimum absolute atomic E-state index is 0.00318. The van der Waals surface area contributed by atoms with Crippen molar-refractivity contribution < 1.29 is 4.79 Å². The van der Waals surface area contributed by atoms with Crippen molar-refractivity contribution in [3.8, 4) is 10.6 Å². The Labute approximate surface area is 150 Å². The first-order chi connectivity index (χ1) is 12.3. The molecule has 0 fully saturated rings. The van der Waals surface area contributed by atoms with Gasteiger partial charge in [-0.25, -0.2) is 4.98 Å². The highest BCUT2D eigenvalue weighted by Crippen LogP contribution is 2.34. The van der Waals surface area contributed by atoms with E-state index in [0.29, 0.717) is 6.54 Å². The van der Waals surface area contributed by atoms with Crippen molar-refractivity contribution in [2.75, 3.05) is 0 Å². The highest BCUT2D eigenvalue weighted by atomic mass is 32.1. The number of aryl methyl sites for hydroxylation is 1. The molecular weight excluding hydrogens is 332 g/mol. The van der Waals surface area contributed by atoms with Gasteiger partial charge in [0.1, 0.15) is 5.01 Å². The van der Waals surface area contributed by atoms with Gasteiger partial charge in [-0.05, 0) is 36.6 Å². The molecule has 0 bridgehead atoms. The number of aromatic nitrogens is 3. The fourth-order valence-corrected chi connectivity index (χ4v) is 4.17. The van der Waals surface area contributed by atoms with Crippen LogP contribution in [0.5, 0.6) is 0 Å². The Bertz CT molecular complexity index is 864. The summed E-state index contributed by atoms with van der Waals surface area (Å²) in [5.41, 5.74) is 3.18. The molecule has 0 aromatic carbocycles. The third-order valence-corrected chi connectivity index (χ3v) is 5.63. The zero-order chi connectivity index (χ0) is 17.1. The van der Waals surface area contributed by atoms with E-state index < -0.39 is 0 Å². The van der Waals surface area contributed by atoms with Crippen molar-refractivity contribution in [3.05, 3.63) is 65.2 Å². The summed E-state index contributed by atoms with van der Waals surface area (Å²) < 4.78 is 0. The molecule has 3 aromatic heterocycles. The Kier molecular flexibility index (Phi) is 4.52. The number of carbonyl (C=O) groups excluding carboxylic acids is 1. The normalized spacial score (nSPS) is 16.2. The molecule has 1 aliphatic carbocycles. The molecule has 0 spiro atoms. The number of hydrogen-bond acceptors (Lipinski definition) is 5. The first kappa shape index (κ1) is 15.9. The molecule has 3 aromatic rings. The van der Waals surface area contributed by atoms with Crippen LogP contribution in [0.2, 0.25) is 0 Å². The van der Waals surface area contributed by atoms with Crippen LogP contribution in [-0.4, -0.2) is 20.9 Å². The van der Waals surface area contributed by atoms with Gasteiger partial charge < -0.3 is 5.32 Å². The number of hydrogen-bond donors (Lipinski definition) is 1. The molecule has 1 aliphatic rings. The van der Waals surface area contributed by atoms with E-state index in [1.54, 1.807) is 36.1 Å². The number of rotatable bonds is 4. The van der Waals surface area contributed by atoms with Crippen LogP contribution < -0.4 is 5.32 Å². The Morgan fingerprint density at radius 2 is 2.08 bits per heavy atom. The molecule has 0 saturated heterocycles. The minimum Gasteiger partial charge on any atom is -0.352 e. The van der Waals surface area contributed by atoms with Crippen molar-refractivity contribution in [1.82, 2.24) is 20.3 Å². The molecule has 126 valence electrons. The van der Waals surface area contributed by atoms with Crippen molar-refractivity contribution in [2.45, 2.75) is 25.8 Å². The van der Waals surface area contributed by atoms with Gasteiger partial charge in [0.2, 0.25) is 5.91 Å². The second kappa shape index (κ2) is 7.11. The average Bonchev–Trinajstić information content (AvgIpc) is 3.11. The first-order valence-corrected chi connectivity index (χ1v) is 9.17. The Hall–Kier alpha value is -2.60. The summed E-state index contributed by atoms with van der Waals surface area (Å²) in [6, 6.07) is 7.79. The van der Waals surface area contributed by atoms with Crippen molar-refractivity contribution in [3.63, 3.8) is 0 Å². The molecule has 1 amide bonds. The van der Waals surface area contributed by atoms with Crippen LogP contribution in [0.4, 0.5) is 0 Å². The lowest BCUT2D eigenvalue weighted by atomic mass is 9.90. The largest absolute Gasteiger partial charge is 0.352 e. The highest BCUT2D eigenvalue weighted by molar-refractivity contribution is 7.15. The predicted molar refractivity (Wildman–Crippen MR) is 96.9 cm³/mol. The minimum atomic E-state index is -0.00318. The molecule has 6 heteroatoms. The zero-order valence-electron chi connectivity index (χ0n) is 13.7. The maximum absolute atomic E-state index is 12.5. The molecule has 25 heavy (non-hydrogen) atoms. The monoisotopic (exact) mass is 350 g/mol. The summed E-state index contributed by atoms with van der Waals surface area (Å²) >= 11 is 1.73. The van der Waals surface area contributed by atoms with Crippen LogP contribution in [0.25, 0.3) is 10.6 Å². The number of fused-ring (bicyclic) bond motifs is 1. The molecule has 1 unspecified atom stereocenters. The fourth-order valence-electron chi connectivity index (χ4n) is 3.06. The zero-order valence-corrected chi connectivity index (χ0v) is 14.5. The summed E-state index contributed by atoms with van der Waals surface area (Å²) in [4.78, 5) is 26.7. The van der Waals surface area contributed by atoms with E-state index in [2.05, 4.69) is 15.3 Å². The quantitative estimate of drug-likeness (QED) is 0.785.